The van der Waals surface area contributed by atoms with E-state index in [1.807, 2.05) is 24.3 Å². The van der Waals surface area contributed by atoms with Crippen molar-refractivity contribution >= 4 is 0 Å². The maximum absolute atomic E-state index is 9.42. The highest BCUT2D eigenvalue weighted by molar-refractivity contribution is 5.43. The number of nitriles is 1. The van der Waals surface area contributed by atoms with Crippen molar-refractivity contribution in [3.05, 3.63) is 71.3 Å². The molecule has 1 aliphatic heterocycles. The molecule has 0 aliphatic carbocycles. The van der Waals surface area contributed by atoms with Gasteiger partial charge >= 0.3 is 0 Å². The standard InChI is InChI=1S/C18H18N2O/c19-14-16-8-4-5-9-17(16)18(15-6-2-1-3-7-15)20-10-12-21-13-11-20/h1-9,18H,10-13H2. The number of benzene rings is 2. The number of morpholine rings is 1. The maximum Gasteiger partial charge on any atom is 0.0995 e. The third-order valence-corrected chi connectivity index (χ3v) is 3.90. The molecule has 1 heterocycles. The molecule has 1 fully saturated rings. The Kier molecular flexibility index (Phi) is 4.30. The van der Waals surface area contributed by atoms with Crippen LogP contribution in [0.4, 0.5) is 0 Å². The molecule has 0 spiro atoms. The Morgan fingerprint density at radius 1 is 0.952 bits per heavy atom. The monoisotopic (exact) mass is 278 g/mol. The topological polar surface area (TPSA) is 36.3 Å². The molecule has 0 bridgehead atoms. The van der Waals surface area contributed by atoms with Gasteiger partial charge in [0.15, 0.2) is 0 Å². The van der Waals surface area contributed by atoms with E-state index in [4.69, 9.17) is 4.74 Å². The number of ether oxygens (including phenoxy) is 1. The molecule has 2 aromatic rings. The van der Waals surface area contributed by atoms with Crippen LogP contribution in [0.2, 0.25) is 0 Å². The van der Waals surface area contributed by atoms with Crippen molar-refractivity contribution in [2.24, 2.45) is 0 Å². The molecule has 0 aromatic heterocycles. The average molecular weight is 278 g/mol. The zero-order valence-corrected chi connectivity index (χ0v) is 11.9. The smallest absolute Gasteiger partial charge is 0.0995 e. The van der Waals surface area contributed by atoms with E-state index in [1.54, 1.807) is 0 Å². The van der Waals surface area contributed by atoms with Gasteiger partial charge in [-0.25, -0.2) is 0 Å². The second-order valence-electron chi connectivity index (χ2n) is 5.16. The van der Waals surface area contributed by atoms with Crippen LogP contribution >= 0.6 is 0 Å². The first-order chi connectivity index (χ1) is 10.4. The van der Waals surface area contributed by atoms with Gasteiger partial charge in [-0.2, -0.15) is 5.26 Å². The first-order valence-electron chi connectivity index (χ1n) is 7.26. The van der Waals surface area contributed by atoms with E-state index in [9.17, 15) is 5.26 Å². The van der Waals surface area contributed by atoms with Gasteiger partial charge in [-0.15, -0.1) is 0 Å². The number of hydrogen-bond acceptors (Lipinski definition) is 3. The summed E-state index contributed by atoms with van der Waals surface area (Å²) in [6.45, 7) is 3.27. The van der Waals surface area contributed by atoms with Crippen molar-refractivity contribution in [1.82, 2.24) is 4.90 Å². The summed E-state index contributed by atoms with van der Waals surface area (Å²) < 4.78 is 5.47. The molecule has 3 rings (SSSR count). The first-order valence-corrected chi connectivity index (χ1v) is 7.26. The predicted molar refractivity (Wildman–Crippen MR) is 81.8 cm³/mol. The van der Waals surface area contributed by atoms with Crippen LogP contribution in [-0.2, 0) is 4.74 Å². The van der Waals surface area contributed by atoms with Crippen molar-refractivity contribution in [2.45, 2.75) is 6.04 Å². The van der Waals surface area contributed by atoms with E-state index >= 15 is 0 Å². The van der Waals surface area contributed by atoms with Crippen molar-refractivity contribution in [1.29, 1.82) is 5.26 Å². The zero-order valence-electron chi connectivity index (χ0n) is 11.9. The molecule has 0 N–H and O–H groups in total. The fourth-order valence-corrected chi connectivity index (χ4v) is 2.90. The molecule has 0 saturated carbocycles. The first kappa shape index (κ1) is 13.8. The molecule has 3 nitrogen and oxygen atoms in total. The maximum atomic E-state index is 9.42. The fourth-order valence-electron chi connectivity index (χ4n) is 2.90. The van der Waals surface area contributed by atoms with Crippen LogP contribution in [0.3, 0.4) is 0 Å². The van der Waals surface area contributed by atoms with Crippen molar-refractivity contribution in [3.8, 4) is 6.07 Å². The van der Waals surface area contributed by atoms with Crippen LogP contribution in [0.15, 0.2) is 54.6 Å². The van der Waals surface area contributed by atoms with E-state index < -0.39 is 0 Å². The van der Waals surface area contributed by atoms with Gasteiger partial charge in [0.2, 0.25) is 0 Å². The molecule has 0 radical (unpaired) electrons. The highest BCUT2D eigenvalue weighted by Crippen LogP contribution is 2.31. The van der Waals surface area contributed by atoms with Crippen LogP contribution in [-0.4, -0.2) is 31.2 Å². The number of rotatable bonds is 3. The summed E-state index contributed by atoms with van der Waals surface area (Å²) >= 11 is 0. The molecule has 1 aliphatic rings. The lowest BCUT2D eigenvalue weighted by Gasteiger charge is -2.35. The molecule has 106 valence electrons. The molecule has 0 amide bonds. The van der Waals surface area contributed by atoms with Gasteiger partial charge in [-0.1, -0.05) is 48.5 Å². The molecule has 2 aromatic carbocycles. The van der Waals surface area contributed by atoms with Crippen LogP contribution in [0.1, 0.15) is 22.7 Å². The molecule has 21 heavy (non-hydrogen) atoms. The average Bonchev–Trinajstić information content (AvgIpc) is 2.58. The van der Waals surface area contributed by atoms with Gasteiger partial charge in [0.25, 0.3) is 0 Å². The minimum absolute atomic E-state index is 0.117. The minimum Gasteiger partial charge on any atom is -0.379 e. The Balaban J connectivity index is 2.05. The van der Waals surface area contributed by atoms with Crippen molar-refractivity contribution in [3.63, 3.8) is 0 Å². The second kappa shape index (κ2) is 6.53. The van der Waals surface area contributed by atoms with Crippen LogP contribution < -0.4 is 0 Å². The van der Waals surface area contributed by atoms with Crippen LogP contribution in [0, 0.1) is 11.3 Å². The van der Waals surface area contributed by atoms with E-state index in [1.165, 1.54) is 5.56 Å². The lowest BCUT2D eigenvalue weighted by molar-refractivity contribution is 0.0239. The minimum atomic E-state index is 0.117. The number of nitrogens with zero attached hydrogens (tertiary/aromatic N) is 2. The normalized spacial score (nSPS) is 17.1. The summed E-state index contributed by atoms with van der Waals surface area (Å²) in [7, 11) is 0. The summed E-state index contributed by atoms with van der Waals surface area (Å²) in [5.41, 5.74) is 3.05. The summed E-state index contributed by atoms with van der Waals surface area (Å²) in [6.07, 6.45) is 0. The highest BCUT2D eigenvalue weighted by atomic mass is 16.5. The van der Waals surface area contributed by atoms with Gasteiger partial charge in [-0.3, -0.25) is 4.90 Å². The van der Waals surface area contributed by atoms with E-state index in [2.05, 4.69) is 41.3 Å². The van der Waals surface area contributed by atoms with E-state index in [-0.39, 0.29) is 6.04 Å². The molecule has 3 heteroatoms. The van der Waals surface area contributed by atoms with Crippen molar-refractivity contribution in [2.75, 3.05) is 26.3 Å². The summed E-state index contributed by atoms with van der Waals surface area (Å²) in [4.78, 5) is 2.40. The Bertz CT molecular complexity index is 627. The van der Waals surface area contributed by atoms with Crippen molar-refractivity contribution < 1.29 is 4.74 Å². The van der Waals surface area contributed by atoms with Gasteiger partial charge < -0.3 is 4.74 Å². The Hall–Kier alpha value is -2.15. The summed E-state index contributed by atoms with van der Waals surface area (Å²) in [5.74, 6) is 0. The van der Waals surface area contributed by atoms with Gasteiger partial charge in [0.05, 0.1) is 30.9 Å². The van der Waals surface area contributed by atoms with E-state index in [0.717, 1.165) is 37.4 Å². The Labute approximate surface area is 125 Å². The fraction of sp³-hybridized carbons (Fsp3) is 0.278. The van der Waals surface area contributed by atoms with Crippen LogP contribution in [0.25, 0.3) is 0 Å². The number of hydrogen-bond donors (Lipinski definition) is 0. The largest absolute Gasteiger partial charge is 0.379 e. The SMILES string of the molecule is N#Cc1ccccc1C(c1ccccc1)N1CCOCC1. The zero-order chi connectivity index (χ0) is 14.5. The third kappa shape index (κ3) is 2.97. The molecular weight excluding hydrogens is 260 g/mol. The molecular formula is C18H18N2O. The molecule has 1 unspecified atom stereocenters. The van der Waals surface area contributed by atoms with Crippen LogP contribution in [0.5, 0.6) is 0 Å². The lowest BCUT2D eigenvalue weighted by atomic mass is 9.93. The lowest BCUT2D eigenvalue weighted by Crippen LogP contribution is -2.39. The van der Waals surface area contributed by atoms with Gasteiger partial charge in [0, 0.05) is 13.1 Å². The predicted octanol–water partition coefficient (Wildman–Crippen LogP) is 2.98. The molecule has 1 saturated heterocycles. The summed E-state index contributed by atoms with van der Waals surface area (Å²) in [6, 6.07) is 20.7. The Morgan fingerprint density at radius 2 is 1.62 bits per heavy atom. The summed E-state index contributed by atoms with van der Waals surface area (Å²) in [5, 5.41) is 9.42. The highest BCUT2D eigenvalue weighted by Gasteiger charge is 2.25. The second-order valence-corrected chi connectivity index (χ2v) is 5.16. The van der Waals surface area contributed by atoms with Gasteiger partial charge in [-0.05, 0) is 17.2 Å². The Morgan fingerprint density at radius 3 is 2.33 bits per heavy atom. The molecule has 1 atom stereocenters. The quantitative estimate of drug-likeness (QED) is 0.866. The third-order valence-electron chi connectivity index (χ3n) is 3.90. The van der Waals surface area contributed by atoms with E-state index in [0.29, 0.717) is 0 Å². The van der Waals surface area contributed by atoms with Gasteiger partial charge in [0.1, 0.15) is 0 Å².